The van der Waals surface area contributed by atoms with Crippen molar-refractivity contribution in [2.45, 2.75) is 0 Å². The molecule has 0 radical (unpaired) electrons. The molecule has 0 spiro atoms. The largest absolute Gasteiger partial charge is 0.497 e. The normalized spacial score (nSPS) is 10.7. The molecule has 3 rings (SSSR count). The van der Waals surface area contributed by atoms with Crippen LogP contribution >= 0.6 is 11.3 Å². The summed E-state index contributed by atoms with van der Waals surface area (Å²) < 4.78 is 6.42. The standard InChI is InChI=1S/C14H12N2OS/c1-17-11-3-2-9-6-14(18-13(9)8-11)12-7-10(15)4-5-16-12/h2-8H,1H3,(H2,15,16). The number of methoxy groups -OCH3 is 1. The Balaban J connectivity index is 2.13. The molecule has 2 N–H and O–H groups in total. The van der Waals surface area contributed by atoms with E-state index in [2.05, 4.69) is 17.1 Å². The number of nitrogen functional groups attached to an aromatic ring is 1. The van der Waals surface area contributed by atoms with Crippen molar-refractivity contribution in [3.8, 4) is 16.3 Å². The molecule has 0 saturated carbocycles. The van der Waals surface area contributed by atoms with Crippen molar-refractivity contribution in [2.75, 3.05) is 12.8 Å². The minimum Gasteiger partial charge on any atom is -0.497 e. The molecule has 0 atom stereocenters. The van der Waals surface area contributed by atoms with Crippen LogP contribution in [0.15, 0.2) is 42.6 Å². The highest BCUT2D eigenvalue weighted by atomic mass is 32.1. The molecule has 2 aromatic heterocycles. The molecule has 0 fully saturated rings. The summed E-state index contributed by atoms with van der Waals surface area (Å²) in [5.74, 6) is 0.872. The number of fused-ring (bicyclic) bond motifs is 1. The van der Waals surface area contributed by atoms with Gasteiger partial charge >= 0.3 is 0 Å². The fourth-order valence-electron chi connectivity index (χ4n) is 1.85. The molecule has 0 amide bonds. The topological polar surface area (TPSA) is 48.1 Å². The van der Waals surface area contributed by atoms with Crippen LogP contribution in [0.2, 0.25) is 0 Å². The molecule has 0 aliphatic heterocycles. The van der Waals surface area contributed by atoms with Gasteiger partial charge in [-0.15, -0.1) is 11.3 Å². The summed E-state index contributed by atoms with van der Waals surface area (Å²) in [5.41, 5.74) is 7.42. The summed E-state index contributed by atoms with van der Waals surface area (Å²) >= 11 is 1.69. The van der Waals surface area contributed by atoms with E-state index in [4.69, 9.17) is 10.5 Å². The van der Waals surface area contributed by atoms with E-state index in [1.54, 1.807) is 30.7 Å². The van der Waals surface area contributed by atoms with Gasteiger partial charge in [0.25, 0.3) is 0 Å². The second-order valence-electron chi connectivity index (χ2n) is 3.99. The maximum atomic E-state index is 5.78. The number of nitrogens with zero attached hydrogens (tertiary/aromatic N) is 1. The fourth-order valence-corrected chi connectivity index (χ4v) is 2.91. The van der Waals surface area contributed by atoms with Crippen LogP contribution in [0.3, 0.4) is 0 Å². The van der Waals surface area contributed by atoms with Crippen LogP contribution in [0.4, 0.5) is 5.69 Å². The number of pyridine rings is 1. The van der Waals surface area contributed by atoms with E-state index in [1.165, 1.54) is 10.1 Å². The van der Waals surface area contributed by atoms with E-state index >= 15 is 0 Å². The molecule has 0 aliphatic rings. The Morgan fingerprint density at radius 3 is 2.83 bits per heavy atom. The van der Waals surface area contributed by atoms with E-state index in [0.717, 1.165) is 22.0 Å². The third kappa shape index (κ3) is 1.91. The number of thiophene rings is 1. The Kier molecular flexibility index (Phi) is 2.64. The predicted octanol–water partition coefficient (Wildman–Crippen LogP) is 3.55. The minimum atomic E-state index is 0.732. The first-order valence-electron chi connectivity index (χ1n) is 5.56. The van der Waals surface area contributed by atoms with E-state index in [0.29, 0.717) is 0 Å². The fraction of sp³-hybridized carbons (Fsp3) is 0.0714. The van der Waals surface area contributed by atoms with Gasteiger partial charge in [-0.05, 0) is 41.8 Å². The van der Waals surface area contributed by atoms with E-state index in [-0.39, 0.29) is 0 Å². The van der Waals surface area contributed by atoms with Crippen molar-refractivity contribution in [1.82, 2.24) is 4.98 Å². The molecule has 2 heterocycles. The first-order valence-corrected chi connectivity index (χ1v) is 6.37. The van der Waals surface area contributed by atoms with Crippen molar-refractivity contribution < 1.29 is 4.74 Å². The second kappa shape index (κ2) is 4.31. The number of nitrogens with two attached hydrogens (primary N) is 1. The van der Waals surface area contributed by atoms with Gasteiger partial charge in [0.1, 0.15) is 5.75 Å². The monoisotopic (exact) mass is 256 g/mol. The summed E-state index contributed by atoms with van der Waals surface area (Å²) in [4.78, 5) is 5.46. The molecule has 0 aliphatic carbocycles. The van der Waals surface area contributed by atoms with Crippen LogP contribution in [0.5, 0.6) is 5.75 Å². The van der Waals surface area contributed by atoms with Crippen molar-refractivity contribution in [1.29, 1.82) is 0 Å². The van der Waals surface area contributed by atoms with Gasteiger partial charge in [-0.3, -0.25) is 4.98 Å². The smallest absolute Gasteiger partial charge is 0.120 e. The summed E-state index contributed by atoms with van der Waals surface area (Å²) in [7, 11) is 1.68. The highest BCUT2D eigenvalue weighted by Crippen LogP contribution is 2.34. The zero-order valence-corrected chi connectivity index (χ0v) is 10.7. The van der Waals surface area contributed by atoms with Crippen LogP contribution in [-0.4, -0.2) is 12.1 Å². The SMILES string of the molecule is COc1ccc2cc(-c3cc(N)ccn3)sc2c1. The zero-order chi connectivity index (χ0) is 12.5. The average molecular weight is 256 g/mol. The second-order valence-corrected chi connectivity index (χ2v) is 5.07. The predicted molar refractivity (Wildman–Crippen MR) is 76.0 cm³/mol. The number of ether oxygens (including phenoxy) is 1. The maximum Gasteiger partial charge on any atom is 0.120 e. The first kappa shape index (κ1) is 11.0. The van der Waals surface area contributed by atoms with Gasteiger partial charge in [-0.25, -0.2) is 0 Å². The molecule has 1 aromatic carbocycles. The van der Waals surface area contributed by atoms with Crippen molar-refractivity contribution in [3.05, 3.63) is 42.6 Å². The third-order valence-corrected chi connectivity index (χ3v) is 3.88. The van der Waals surface area contributed by atoms with Gasteiger partial charge in [-0.1, -0.05) is 0 Å². The van der Waals surface area contributed by atoms with Crippen LogP contribution in [-0.2, 0) is 0 Å². The van der Waals surface area contributed by atoms with Gasteiger partial charge in [0.2, 0.25) is 0 Å². The van der Waals surface area contributed by atoms with Crippen LogP contribution in [0, 0.1) is 0 Å². The van der Waals surface area contributed by atoms with Gasteiger partial charge in [0.05, 0.1) is 17.7 Å². The van der Waals surface area contributed by atoms with Gasteiger partial charge in [0, 0.05) is 16.6 Å². The number of anilines is 1. The van der Waals surface area contributed by atoms with E-state index < -0.39 is 0 Å². The Labute approximate surface area is 109 Å². The van der Waals surface area contributed by atoms with Gasteiger partial charge in [-0.2, -0.15) is 0 Å². The number of benzene rings is 1. The lowest BCUT2D eigenvalue weighted by atomic mass is 10.2. The molecular formula is C14H12N2OS. The summed E-state index contributed by atoms with van der Waals surface area (Å²) in [5, 5.41) is 1.19. The van der Waals surface area contributed by atoms with Crippen molar-refractivity contribution >= 4 is 27.1 Å². The lowest BCUT2D eigenvalue weighted by molar-refractivity contribution is 0.415. The average Bonchev–Trinajstić information content (AvgIpc) is 2.81. The number of hydrogen-bond acceptors (Lipinski definition) is 4. The summed E-state index contributed by atoms with van der Waals surface area (Å²) in [6, 6.07) is 11.9. The molecule has 0 unspecified atom stereocenters. The van der Waals surface area contributed by atoms with E-state index in [9.17, 15) is 0 Å². The molecule has 0 saturated heterocycles. The van der Waals surface area contributed by atoms with Gasteiger partial charge in [0.15, 0.2) is 0 Å². The first-order chi connectivity index (χ1) is 8.76. The number of rotatable bonds is 2. The summed E-state index contributed by atoms with van der Waals surface area (Å²) in [6.07, 6.45) is 1.73. The molecule has 3 aromatic rings. The minimum absolute atomic E-state index is 0.732. The zero-order valence-electron chi connectivity index (χ0n) is 9.88. The van der Waals surface area contributed by atoms with E-state index in [1.807, 2.05) is 18.2 Å². The molecular weight excluding hydrogens is 244 g/mol. The highest BCUT2D eigenvalue weighted by Gasteiger charge is 2.06. The number of aromatic nitrogens is 1. The quantitative estimate of drug-likeness (QED) is 0.762. The molecule has 18 heavy (non-hydrogen) atoms. The molecule has 90 valence electrons. The molecule has 4 heteroatoms. The van der Waals surface area contributed by atoms with Crippen LogP contribution in [0.25, 0.3) is 20.7 Å². The molecule has 3 nitrogen and oxygen atoms in total. The van der Waals surface area contributed by atoms with Crippen molar-refractivity contribution in [2.24, 2.45) is 0 Å². The third-order valence-electron chi connectivity index (χ3n) is 2.76. The molecule has 0 bridgehead atoms. The highest BCUT2D eigenvalue weighted by molar-refractivity contribution is 7.22. The Morgan fingerprint density at radius 1 is 1.17 bits per heavy atom. The van der Waals surface area contributed by atoms with Crippen LogP contribution in [0.1, 0.15) is 0 Å². The van der Waals surface area contributed by atoms with Crippen LogP contribution < -0.4 is 10.5 Å². The lowest BCUT2D eigenvalue weighted by Crippen LogP contribution is -1.86. The van der Waals surface area contributed by atoms with Gasteiger partial charge < -0.3 is 10.5 Å². The maximum absolute atomic E-state index is 5.78. The Morgan fingerprint density at radius 2 is 2.06 bits per heavy atom. The Bertz CT molecular complexity index is 706. The lowest BCUT2D eigenvalue weighted by Gasteiger charge is -1.97. The summed E-state index contributed by atoms with van der Waals surface area (Å²) in [6.45, 7) is 0. The Hall–Kier alpha value is -2.07. The van der Waals surface area contributed by atoms with Crippen molar-refractivity contribution in [3.63, 3.8) is 0 Å². The number of hydrogen-bond donors (Lipinski definition) is 1.